The molecule has 3 N–H and O–H groups in total. The highest BCUT2D eigenvalue weighted by Gasteiger charge is 2.27. The van der Waals surface area contributed by atoms with Crippen molar-refractivity contribution in [3.05, 3.63) is 34.2 Å². The van der Waals surface area contributed by atoms with Crippen molar-refractivity contribution in [3.63, 3.8) is 0 Å². The predicted molar refractivity (Wildman–Crippen MR) is 107 cm³/mol. The van der Waals surface area contributed by atoms with E-state index in [-0.39, 0.29) is 0 Å². The predicted octanol–water partition coefficient (Wildman–Crippen LogP) is 2.38. The van der Waals surface area contributed by atoms with E-state index >= 15 is 0 Å². The third-order valence-electron chi connectivity index (χ3n) is 3.89. The first-order valence-electron chi connectivity index (χ1n) is 8.66. The van der Waals surface area contributed by atoms with Crippen LogP contribution in [-0.2, 0) is 12.1 Å². The Morgan fingerprint density at radius 2 is 2.12 bits per heavy atom. The fourth-order valence-electron chi connectivity index (χ4n) is 2.59. The number of nitrogens with one attached hydrogen (secondary N) is 2. The maximum atomic E-state index is 10.8. The summed E-state index contributed by atoms with van der Waals surface area (Å²) >= 11 is 1.60. The van der Waals surface area contributed by atoms with E-state index in [9.17, 15) is 5.11 Å². The zero-order valence-electron chi connectivity index (χ0n) is 16.4. The van der Waals surface area contributed by atoms with Crippen LogP contribution in [0, 0.1) is 13.8 Å². The average molecular weight is 380 g/mol. The number of guanidine groups is 1. The molecule has 2 aromatic heterocycles. The van der Waals surface area contributed by atoms with Crippen LogP contribution in [0.2, 0.25) is 0 Å². The van der Waals surface area contributed by atoms with Gasteiger partial charge in [0.05, 0.1) is 18.8 Å². The summed E-state index contributed by atoms with van der Waals surface area (Å²) in [5, 5.41) is 20.2. The molecule has 0 fully saturated rings. The molecule has 144 valence electrons. The Morgan fingerprint density at radius 1 is 1.38 bits per heavy atom. The fraction of sp³-hybridized carbons (Fsp3) is 0.556. The number of aryl methyl sites for hydroxylation is 2. The number of rotatable bonds is 7. The second-order valence-corrected chi connectivity index (χ2v) is 7.50. The Morgan fingerprint density at radius 3 is 2.65 bits per heavy atom. The van der Waals surface area contributed by atoms with Crippen molar-refractivity contribution in [2.24, 2.45) is 4.99 Å². The third kappa shape index (κ3) is 5.22. The summed E-state index contributed by atoms with van der Waals surface area (Å²) in [5.74, 6) is 2.17. The molecule has 0 aliphatic rings. The zero-order valence-corrected chi connectivity index (χ0v) is 17.2. The van der Waals surface area contributed by atoms with Crippen LogP contribution in [0.3, 0.4) is 0 Å². The van der Waals surface area contributed by atoms with E-state index < -0.39 is 5.60 Å². The van der Waals surface area contributed by atoms with Gasteiger partial charge in [-0.3, -0.25) is 0 Å². The summed E-state index contributed by atoms with van der Waals surface area (Å²) in [5.41, 5.74) is 0.647. The summed E-state index contributed by atoms with van der Waals surface area (Å²) in [6.07, 6.45) is 0. The lowest BCUT2D eigenvalue weighted by Gasteiger charge is -2.24. The van der Waals surface area contributed by atoms with Crippen molar-refractivity contribution in [3.8, 4) is 0 Å². The minimum atomic E-state index is -1.06. The molecule has 0 spiro atoms. The molecule has 2 rings (SSSR count). The van der Waals surface area contributed by atoms with Gasteiger partial charge in [-0.2, -0.15) is 0 Å². The van der Waals surface area contributed by atoms with Gasteiger partial charge in [0.1, 0.15) is 17.1 Å². The highest BCUT2D eigenvalue weighted by molar-refractivity contribution is 7.13. The standard InChI is InChI=1S/C18H29N5O2S/c1-7-19-16(20-9-14-10-26-17(22-14)23(5)6)21-11-18(4,24)15-8-12(2)25-13(15)3/h8,10,24H,7,9,11H2,1-6H3,(H2,19,20,21). The number of thiazole rings is 1. The second-order valence-electron chi connectivity index (χ2n) is 6.67. The van der Waals surface area contributed by atoms with Crippen molar-refractivity contribution in [2.75, 3.05) is 32.1 Å². The monoisotopic (exact) mass is 379 g/mol. The molecule has 0 saturated heterocycles. The van der Waals surface area contributed by atoms with Crippen molar-refractivity contribution in [1.29, 1.82) is 0 Å². The molecule has 0 aliphatic heterocycles. The minimum absolute atomic E-state index is 0.318. The maximum absolute atomic E-state index is 10.8. The van der Waals surface area contributed by atoms with E-state index in [4.69, 9.17) is 4.42 Å². The summed E-state index contributed by atoms with van der Waals surface area (Å²) < 4.78 is 5.54. The third-order valence-corrected chi connectivity index (χ3v) is 4.94. The lowest BCUT2D eigenvalue weighted by atomic mass is 9.96. The molecule has 7 nitrogen and oxygen atoms in total. The number of nitrogens with zero attached hydrogens (tertiary/aromatic N) is 3. The van der Waals surface area contributed by atoms with Crippen LogP contribution in [0.15, 0.2) is 20.9 Å². The molecule has 1 unspecified atom stereocenters. The van der Waals surface area contributed by atoms with Crippen molar-refractivity contribution in [1.82, 2.24) is 15.6 Å². The summed E-state index contributed by atoms with van der Waals surface area (Å²) in [4.78, 5) is 11.1. The van der Waals surface area contributed by atoms with E-state index in [2.05, 4.69) is 20.6 Å². The van der Waals surface area contributed by atoms with Gasteiger partial charge in [0, 0.05) is 31.6 Å². The van der Waals surface area contributed by atoms with Crippen LogP contribution in [0.25, 0.3) is 0 Å². The van der Waals surface area contributed by atoms with Crippen LogP contribution < -0.4 is 15.5 Å². The van der Waals surface area contributed by atoms with Gasteiger partial charge < -0.3 is 25.1 Å². The number of furan rings is 1. The Hall–Kier alpha value is -2.06. The molecular weight excluding hydrogens is 350 g/mol. The first kappa shape index (κ1) is 20.3. The number of aliphatic imine (C=N–C) groups is 1. The summed E-state index contributed by atoms with van der Waals surface area (Å²) in [7, 11) is 3.94. The number of hydrogen-bond donors (Lipinski definition) is 3. The Bertz CT molecular complexity index is 749. The van der Waals surface area contributed by atoms with Gasteiger partial charge in [0.15, 0.2) is 11.1 Å². The Kier molecular flexibility index (Phi) is 6.66. The fourth-order valence-corrected chi connectivity index (χ4v) is 3.34. The van der Waals surface area contributed by atoms with Gasteiger partial charge in [0.2, 0.25) is 0 Å². The SMILES string of the molecule is CCNC(=NCc1csc(N(C)C)n1)NCC(C)(O)c1cc(C)oc1C. The lowest BCUT2D eigenvalue weighted by molar-refractivity contribution is 0.0601. The van der Waals surface area contributed by atoms with E-state index in [1.807, 2.05) is 51.2 Å². The van der Waals surface area contributed by atoms with Crippen molar-refractivity contribution < 1.29 is 9.52 Å². The smallest absolute Gasteiger partial charge is 0.191 e. The van der Waals surface area contributed by atoms with Crippen LogP contribution in [0.4, 0.5) is 5.13 Å². The molecule has 0 aliphatic carbocycles. The summed E-state index contributed by atoms with van der Waals surface area (Å²) in [6, 6.07) is 1.87. The second kappa shape index (κ2) is 8.55. The number of aromatic nitrogens is 1. The largest absolute Gasteiger partial charge is 0.466 e. The Labute approximate surface area is 159 Å². The van der Waals surface area contributed by atoms with Gasteiger partial charge in [-0.25, -0.2) is 9.98 Å². The molecule has 0 saturated carbocycles. The highest BCUT2D eigenvalue weighted by Crippen LogP contribution is 2.26. The molecule has 0 aromatic carbocycles. The van der Waals surface area contributed by atoms with Crippen LogP contribution in [-0.4, -0.2) is 43.2 Å². The zero-order chi connectivity index (χ0) is 19.3. The molecular formula is C18H29N5O2S. The van der Waals surface area contributed by atoms with E-state index in [0.29, 0.717) is 19.0 Å². The Balaban J connectivity index is 2.03. The van der Waals surface area contributed by atoms with Gasteiger partial charge in [0.25, 0.3) is 0 Å². The van der Waals surface area contributed by atoms with E-state index in [1.165, 1.54) is 0 Å². The van der Waals surface area contributed by atoms with Gasteiger partial charge in [-0.1, -0.05) is 0 Å². The first-order chi connectivity index (χ1) is 12.2. The average Bonchev–Trinajstić information content (AvgIpc) is 3.17. The first-order valence-corrected chi connectivity index (χ1v) is 9.54. The van der Waals surface area contributed by atoms with E-state index in [1.54, 1.807) is 18.3 Å². The summed E-state index contributed by atoms with van der Waals surface area (Å²) in [6.45, 7) is 9.04. The number of aliphatic hydroxyl groups is 1. The van der Waals surface area contributed by atoms with Gasteiger partial charge >= 0.3 is 0 Å². The minimum Gasteiger partial charge on any atom is -0.466 e. The molecule has 0 radical (unpaired) electrons. The number of hydrogen-bond acceptors (Lipinski definition) is 6. The molecule has 8 heteroatoms. The van der Waals surface area contributed by atoms with Gasteiger partial charge in [-0.05, 0) is 33.8 Å². The maximum Gasteiger partial charge on any atom is 0.191 e. The van der Waals surface area contributed by atoms with Crippen molar-refractivity contribution in [2.45, 2.75) is 39.8 Å². The molecule has 26 heavy (non-hydrogen) atoms. The molecule has 2 aromatic rings. The normalized spacial score (nSPS) is 14.2. The van der Waals surface area contributed by atoms with Crippen LogP contribution in [0.1, 0.15) is 36.6 Å². The molecule has 1 atom stereocenters. The van der Waals surface area contributed by atoms with Gasteiger partial charge in [-0.15, -0.1) is 11.3 Å². The molecule has 0 bridgehead atoms. The van der Waals surface area contributed by atoms with E-state index in [0.717, 1.165) is 34.5 Å². The van der Waals surface area contributed by atoms with Crippen LogP contribution in [0.5, 0.6) is 0 Å². The topological polar surface area (TPSA) is 85.9 Å². The molecule has 2 heterocycles. The molecule has 0 amide bonds. The van der Waals surface area contributed by atoms with Crippen molar-refractivity contribution >= 4 is 22.4 Å². The highest BCUT2D eigenvalue weighted by atomic mass is 32.1. The lowest BCUT2D eigenvalue weighted by Crippen LogP contribution is -2.44. The van der Waals surface area contributed by atoms with Crippen LogP contribution >= 0.6 is 11.3 Å². The quantitative estimate of drug-likeness (QED) is 0.506. The number of anilines is 1.